The number of anilines is 2. The smallest absolute Gasteiger partial charge is 0.261 e. The Balaban J connectivity index is 1.39. The fourth-order valence-electron chi connectivity index (χ4n) is 3.31. The summed E-state index contributed by atoms with van der Waals surface area (Å²) < 4.78 is 5.62. The number of hydrogen-bond donors (Lipinski definition) is 3. The summed E-state index contributed by atoms with van der Waals surface area (Å²) in [4.78, 5) is 51.6. The summed E-state index contributed by atoms with van der Waals surface area (Å²) in [6.07, 6.45) is 1.59. The minimum atomic E-state index is -0.946. The lowest BCUT2D eigenvalue weighted by Crippen LogP contribution is -2.51. The lowest BCUT2D eigenvalue weighted by Gasteiger charge is -2.27. The van der Waals surface area contributed by atoms with E-state index in [-0.39, 0.29) is 36.8 Å². The van der Waals surface area contributed by atoms with Crippen LogP contribution in [0.15, 0.2) is 36.4 Å². The summed E-state index contributed by atoms with van der Waals surface area (Å²) in [5, 5.41) is 8.17. The molecule has 0 bridgehead atoms. The first-order valence-corrected chi connectivity index (χ1v) is 11.7. The number of halogens is 1. The zero-order chi connectivity index (χ0) is 23.4. The molecule has 0 spiro atoms. The van der Waals surface area contributed by atoms with Crippen LogP contribution >= 0.6 is 22.9 Å². The number of benzene rings is 1. The molecule has 2 aromatic rings. The van der Waals surface area contributed by atoms with E-state index >= 15 is 0 Å². The van der Waals surface area contributed by atoms with Crippen molar-refractivity contribution >= 4 is 57.9 Å². The molecule has 4 rings (SSSR count). The molecule has 1 aromatic carbocycles. The maximum Gasteiger partial charge on any atom is 0.261 e. The number of nitrogens with zero attached hydrogens (tertiary/aromatic N) is 1. The second-order valence-electron chi connectivity index (χ2n) is 7.78. The van der Waals surface area contributed by atoms with Crippen molar-refractivity contribution in [2.24, 2.45) is 5.92 Å². The highest BCUT2D eigenvalue weighted by Crippen LogP contribution is 2.29. The molecule has 3 N–H and O–H groups in total. The Morgan fingerprint density at radius 3 is 2.55 bits per heavy atom. The Hall–Kier alpha value is -2.95. The summed E-state index contributed by atoms with van der Waals surface area (Å²) in [5.41, 5.74) is 1.22. The van der Waals surface area contributed by atoms with Crippen LogP contribution in [0.2, 0.25) is 4.34 Å². The fraction of sp³-hybridized carbons (Fsp3) is 0.364. The van der Waals surface area contributed by atoms with Gasteiger partial charge in [0.2, 0.25) is 11.8 Å². The van der Waals surface area contributed by atoms with Crippen LogP contribution in [0, 0.1) is 5.92 Å². The Morgan fingerprint density at radius 1 is 1.15 bits per heavy atom. The first kappa shape index (κ1) is 23.2. The van der Waals surface area contributed by atoms with Gasteiger partial charge in [-0.15, -0.1) is 11.3 Å². The van der Waals surface area contributed by atoms with Crippen molar-refractivity contribution in [2.45, 2.75) is 18.9 Å². The summed E-state index contributed by atoms with van der Waals surface area (Å²) in [7, 11) is 0. The van der Waals surface area contributed by atoms with Crippen molar-refractivity contribution in [2.75, 3.05) is 36.5 Å². The molecule has 2 fully saturated rings. The molecule has 2 aliphatic rings. The van der Waals surface area contributed by atoms with Crippen molar-refractivity contribution in [3.63, 3.8) is 0 Å². The number of carbonyl (C=O) groups excluding carboxylic acids is 4. The number of nitrogens with one attached hydrogen (secondary N) is 3. The monoisotopic (exact) mass is 490 g/mol. The van der Waals surface area contributed by atoms with Gasteiger partial charge in [-0.1, -0.05) is 11.6 Å². The Morgan fingerprint density at radius 2 is 1.91 bits per heavy atom. The van der Waals surface area contributed by atoms with E-state index in [1.165, 1.54) is 0 Å². The van der Waals surface area contributed by atoms with Crippen molar-refractivity contribution in [3.05, 3.63) is 45.6 Å². The lowest BCUT2D eigenvalue weighted by molar-refractivity contribution is -0.127. The zero-order valence-corrected chi connectivity index (χ0v) is 19.2. The highest BCUT2D eigenvalue weighted by Gasteiger charge is 2.33. The van der Waals surface area contributed by atoms with Crippen LogP contribution < -0.4 is 20.9 Å². The second-order valence-corrected chi connectivity index (χ2v) is 9.50. The Labute approximate surface area is 199 Å². The third-order valence-corrected chi connectivity index (χ3v) is 6.51. The minimum Gasteiger partial charge on any atom is -0.370 e. The van der Waals surface area contributed by atoms with E-state index in [9.17, 15) is 19.2 Å². The van der Waals surface area contributed by atoms with Gasteiger partial charge in [0.1, 0.15) is 12.6 Å². The number of amides is 4. The summed E-state index contributed by atoms with van der Waals surface area (Å²) in [6.45, 7) is 0.911. The van der Waals surface area contributed by atoms with Crippen LogP contribution in [0.3, 0.4) is 0 Å². The molecule has 1 atom stereocenters. The van der Waals surface area contributed by atoms with E-state index in [1.807, 2.05) is 0 Å². The second kappa shape index (κ2) is 10.3. The first-order valence-electron chi connectivity index (χ1n) is 10.5. The van der Waals surface area contributed by atoms with Gasteiger partial charge in [-0.3, -0.25) is 19.2 Å². The lowest BCUT2D eigenvalue weighted by atomic mass is 10.2. The van der Waals surface area contributed by atoms with E-state index in [0.717, 1.165) is 24.2 Å². The number of thiophene rings is 1. The largest absolute Gasteiger partial charge is 0.370 e. The van der Waals surface area contributed by atoms with Crippen LogP contribution in [-0.2, 0) is 19.1 Å². The maximum absolute atomic E-state index is 12.9. The highest BCUT2D eigenvalue weighted by atomic mass is 35.5. The molecule has 11 heteroatoms. The van der Waals surface area contributed by atoms with Crippen molar-refractivity contribution in [1.29, 1.82) is 0 Å². The van der Waals surface area contributed by atoms with Gasteiger partial charge >= 0.3 is 0 Å². The molecule has 33 heavy (non-hydrogen) atoms. The van der Waals surface area contributed by atoms with Crippen LogP contribution in [-0.4, -0.2) is 56.0 Å². The van der Waals surface area contributed by atoms with Gasteiger partial charge in [0.15, 0.2) is 0 Å². The van der Waals surface area contributed by atoms with Gasteiger partial charge in [-0.05, 0) is 49.2 Å². The van der Waals surface area contributed by atoms with Crippen LogP contribution in [0.4, 0.5) is 11.4 Å². The normalized spacial score (nSPS) is 16.8. The molecule has 1 aliphatic carbocycles. The highest BCUT2D eigenvalue weighted by molar-refractivity contribution is 7.18. The third kappa shape index (κ3) is 6.10. The predicted octanol–water partition coefficient (Wildman–Crippen LogP) is 2.03. The van der Waals surface area contributed by atoms with E-state index < -0.39 is 11.9 Å². The SMILES string of the molecule is O=C(NC[C@@H](NC(=O)C1CC1)C(=O)Nc1ccc(N2CCOCC2=O)cc1)c1ccc(Cl)s1. The average Bonchev–Trinajstić information content (AvgIpc) is 3.57. The van der Waals surface area contributed by atoms with Crippen LogP contribution in [0.1, 0.15) is 22.5 Å². The molecule has 1 saturated heterocycles. The molecular weight excluding hydrogens is 468 g/mol. The van der Waals surface area contributed by atoms with Crippen molar-refractivity contribution in [1.82, 2.24) is 10.6 Å². The first-order chi connectivity index (χ1) is 15.9. The summed E-state index contributed by atoms with van der Waals surface area (Å²) in [6, 6.07) is 9.11. The van der Waals surface area contributed by atoms with E-state index in [1.54, 1.807) is 41.3 Å². The Kier molecular flexibility index (Phi) is 7.26. The van der Waals surface area contributed by atoms with Gasteiger partial charge in [0.25, 0.3) is 11.8 Å². The topological polar surface area (TPSA) is 117 Å². The molecule has 1 saturated carbocycles. The minimum absolute atomic E-state index is 0.0459. The number of ether oxygens (including phenoxy) is 1. The molecule has 2 heterocycles. The summed E-state index contributed by atoms with van der Waals surface area (Å²) >= 11 is 7.01. The maximum atomic E-state index is 12.9. The molecule has 0 radical (unpaired) electrons. The fourth-order valence-corrected chi connectivity index (χ4v) is 4.27. The average molecular weight is 491 g/mol. The Bertz CT molecular complexity index is 1050. The summed E-state index contributed by atoms with van der Waals surface area (Å²) in [5.74, 6) is -1.24. The third-order valence-electron chi connectivity index (χ3n) is 5.28. The number of hydrogen-bond acceptors (Lipinski definition) is 6. The van der Waals surface area contributed by atoms with Crippen LogP contribution in [0.5, 0.6) is 0 Å². The zero-order valence-electron chi connectivity index (χ0n) is 17.6. The predicted molar refractivity (Wildman–Crippen MR) is 125 cm³/mol. The van der Waals surface area contributed by atoms with Crippen LogP contribution in [0.25, 0.3) is 0 Å². The van der Waals surface area contributed by atoms with Gasteiger partial charge in [-0.25, -0.2) is 0 Å². The van der Waals surface area contributed by atoms with E-state index in [4.69, 9.17) is 16.3 Å². The number of carbonyl (C=O) groups is 4. The van der Waals surface area contributed by atoms with Gasteiger partial charge in [0, 0.05) is 30.4 Å². The van der Waals surface area contributed by atoms with E-state index in [0.29, 0.717) is 33.7 Å². The van der Waals surface area contributed by atoms with Crippen molar-refractivity contribution in [3.8, 4) is 0 Å². The quantitative estimate of drug-likeness (QED) is 0.523. The van der Waals surface area contributed by atoms with Gasteiger partial charge in [-0.2, -0.15) is 0 Å². The number of rotatable bonds is 8. The molecule has 1 aliphatic heterocycles. The molecule has 9 nitrogen and oxygen atoms in total. The molecule has 4 amide bonds. The van der Waals surface area contributed by atoms with Crippen molar-refractivity contribution < 1.29 is 23.9 Å². The molecule has 0 unspecified atom stereocenters. The van der Waals surface area contributed by atoms with E-state index in [2.05, 4.69) is 16.0 Å². The molecular formula is C22H23ClN4O5S. The standard InChI is InChI=1S/C22H23ClN4O5S/c23-18-8-7-17(33-18)22(31)24-11-16(26-20(29)13-1-2-13)21(30)25-14-3-5-15(6-4-14)27-9-10-32-12-19(27)28/h3-8,13,16H,1-2,9-12H2,(H,24,31)(H,25,30)(H,26,29)/t16-/m1/s1. The molecule has 1 aromatic heterocycles. The molecule has 174 valence electrons. The number of morpholine rings is 1. The van der Waals surface area contributed by atoms with Gasteiger partial charge < -0.3 is 25.6 Å². The van der Waals surface area contributed by atoms with Gasteiger partial charge in [0.05, 0.1) is 15.8 Å².